The molecule has 4 heteroatoms. The van der Waals surface area contributed by atoms with E-state index in [1.165, 1.54) is 24.0 Å². The Morgan fingerprint density at radius 2 is 2.00 bits per heavy atom. The Labute approximate surface area is 144 Å². The molecule has 0 saturated carbocycles. The molecule has 1 aliphatic heterocycles. The van der Waals surface area contributed by atoms with Gasteiger partial charge >= 0.3 is 0 Å². The summed E-state index contributed by atoms with van der Waals surface area (Å²) in [5.41, 5.74) is 8.90. The monoisotopic (exact) mass is 325 g/mol. The Kier molecular flexibility index (Phi) is 5.83. The van der Waals surface area contributed by atoms with Crippen LogP contribution in [0.3, 0.4) is 0 Å². The minimum absolute atomic E-state index is 0.164. The molecule has 0 unspecified atom stereocenters. The van der Waals surface area contributed by atoms with Gasteiger partial charge in [0.15, 0.2) is 0 Å². The zero-order chi connectivity index (χ0) is 16.8. The molecule has 0 radical (unpaired) electrons. The summed E-state index contributed by atoms with van der Waals surface area (Å²) >= 11 is 0. The van der Waals surface area contributed by atoms with Crippen LogP contribution in [0.1, 0.15) is 29.9 Å². The topological polar surface area (TPSA) is 51.4 Å². The lowest BCUT2D eigenvalue weighted by Gasteiger charge is -2.34. The molecule has 2 N–H and O–H groups in total. The molecular formula is C20H27N3O. The van der Waals surface area contributed by atoms with Gasteiger partial charge in [-0.25, -0.2) is 0 Å². The number of rotatable bonds is 6. The summed E-state index contributed by atoms with van der Waals surface area (Å²) in [4.78, 5) is 6.66. The fourth-order valence-corrected chi connectivity index (χ4v) is 3.65. The Hall–Kier alpha value is -1.91. The molecule has 2 heterocycles. The number of benzene rings is 1. The van der Waals surface area contributed by atoms with E-state index < -0.39 is 0 Å². The second-order valence-electron chi connectivity index (χ2n) is 6.64. The van der Waals surface area contributed by atoms with Crippen molar-refractivity contribution in [3.63, 3.8) is 0 Å². The third-order valence-electron chi connectivity index (χ3n) is 4.88. The van der Waals surface area contributed by atoms with Crippen molar-refractivity contribution >= 4 is 0 Å². The highest BCUT2D eigenvalue weighted by molar-refractivity contribution is 5.36. The van der Waals surface area contributed by atoms with Crippen molar-refractivity contribution in [1.29, 1.82) is 0 Å². The molecule has 1 aromatic carbocycles. The molecule has 0 spiro atoms. The first kappa shape index (κ1) is 16.9. The summed E-state index contributed by atoms with van der Waals surface area (Å²) in [6.45, 7) is 3.15. The third-order valence-corrected chi connectivity index (χ3v) is 4.88. The van der Waals surface area contributed by atoms with Gasteiger partial charge < -0.3 is 15.4 Å². The Morgan fingerprint density at radius 1 is 1.21 bits per heavy atom. The number of piperidine rings is 1. The average molecular weight is 325 g/mol. The van der Waals surface area contributed by atoms with Gasteiger partial charge in [-0.15, -0.1) is 0 Å². The van der Waals surface area contributed by atoms with Crippen molar-refractivity contribution in [2.75, 3.05) is 26.7 Å². The predicted octanol–water partition coefficient (Wildman–Crippen LogP) is 2.84. The highest BCUT2D eigenvalue weighted by atomic mass is 16.5. The molecule has 4 nitrogen and oxygen atoms in total. The van der Waals surface area contributed by atoms with Crippen LogP contribution in [0, 0.1) is 0 Å². The Bertz CT molecular complexity index is 624. The average Bonchev–Trinajstić information content (AvgIpc) is 2.63. The summed E-state index contributed by atoms with van der Waals surface area (Å²) in [7, 11) is 1.76. The fraction of sp³-hybridized carbons (Fsp3) is 0.450. The van der Waals surface area contributed by atoms with Gasteiger partial charge in [-0.1, -0.05) is 24.3 Å². The first-order valence-corrected chi connectivity index (χ1v) is 8.76. The van der Waals surface area contributed by atoms with Crippen LogP contribution in [-0.2, 0) is 6.42 Å². The van der Waals surface area contributed by atoms with E-state index in [-0.39, 0.29) is 6.04 Å². The lowest BCUT2D eigenvalue weighted by atomic mass is 9.88. The van der Waals surface area contributed by atoms with Gasteiger partial charge in [0, 0.05) is 25.0 Å². The maximum atomic E-state index is 6.34. The van der Waals surface area contributed by atoms with Crippen molar-refractivity contribution in [1.82, 2.24) is 9.88 Å². The lowest BCUT2D eigenvalue weighted by molar-refractivity contribution is 0.199. The Balaban J connectivity index is 1.50. The van der Waals surface area contributed by atoms with Gasteiger partial charge in [0.1, 0.15) is 5.75 Å². The fourth-order valence-electron chi connectivity index (χ4n) is 3.65. The number of para-hydroxylation sites is 1. The molecule has 3 rings (SSSR count). The van der Waals surface area contributed by atoms with Gasteiger partial charge in [-0.3, -0.25) is 4.98 Å². The van der Waals surface area contributed by atoms with Crippen LogP contribution in [0.2, 0.25) is 0 Å². The molecular weight excluding hydrogens is 298 g/mol. The number of nitrogens with zero attached hydrogens (tertiary/aromatic N) is 2. The number of aromatic nitrogens is 1. The maximum absolute atomic E-state index is 6.34. The molecule has 2 aromatic rings. The number of hydrogen-bond donors (Lipinski definition) is 1. The van der Waals surface area contributed by atoms with E-state index in [0.29, 0.717) is 5.92 Å². The number of ether oxygens (including phenoxy) is 1. The SMILES string of the molecule is COc1ccccc1C1CCN(C[C@H](N)Cc2cccnc2)CC1. The highest BCUT2D eigenvalue weighted by Gasteiger charge is 2.23. The number of hydrogen-bond acceptors (Lipinski definition) is 4. The number of methoxy groups -OCH3 is 1. The number of nitrogens with two attached hydrogens (primary N) is 1. The van der Waals surface area contributed by atoms with Gasteiger partial charge in [-0.2, -0.15) is 0 Å². The first-order valence-electron chi connectivity index (χ1n) is 8.76. The van der Waals surface area contributed by atoms with E-state index in [2.05, 4.69) is 34.1 Å². The Morgan fingerprint density at radius 3 is 2.71 bits per heavy atom. The van der Waals surface area contributed by atoms with Crippen molar-refractivity contribution in [2.45, 2.75) is 31.2 Å². The van der Waals surface area contributed by atoms with Crippen molar-refractivity contribution in [3.05, 3.63) is 59.9 Å². The third kappa shape index (κ3) is 4.34. The lowest BCUT2D eigenvalue weighted by Crippen LogP contribution is -2.42. The largest absolute Gasteiger partial charge is 0.496 e. The van der Waals surface area contributed by atoms with E-state index in [1.54, 1.807) is 13.3 Å². The molecule has 1 aliphatic rings. The van der Waals surface area contributed by atoms with E-state index >= 15 is 0 Å². The van der Waals surface area contributed by atoms with Crippen LogP contribution in [0.25, 0.3) is 0 Å². The zero-order valence-corrected chi connectivity index (χ0v) is 14.4. The second-order valence-corrected chi connectivity index (χ2v) is 6.64. The standard InChI is InChI=1S/C20H27N3O/c1-24-20-7-3-2-6-19(20)17-8-11-23(12-9-17)15-18(21)13-16-5-4-10-22-14-16/h2-7,10,14,17-18H,8-9,11-13,15,21H2,1H3/t18-/m1/s1. The van der Waals surface area contributed by atoms with Crippen LogP contribution in [-0.4, -0.2) is 42.7 Å². The van der Waals surface area contributed by atoms with Crippen LogP contribution in [0.15, 0.2) is 48.8 Å². The highest BCUT2D eigenvalue weighted by Crippen LogP contribution is 2.33. The van der Waals surface area contributed by atoms with E-state index in [1.807, 2.05) is 18.3 Å². The van der Waals surface area contributed by atoms with Gasteiger partial charge in [0.25, 0.3) is 0 Å². The molecule has 1 saturated heterocycles. The first-order chi connectivity index (χ1) is 11.8. The molecule has 0 bridgehead atoms. The molecule has 1 atom stereocenters. The van der Waals surface area contributed by atoms with Crippen molar-refractivity contribution in [3.8, 4) is 5.75 Å². The zero-order valence-electron chi connectivity index (χ0n) is 14.4. The number of pyridine rings is 1. The van der Waals surface area contributed by atoms with Crippen LogP contribution in [0.4, 0.5) is 0 Å². The summed E-state index contributed by atoms with van der Waals surface area (Å²) in [5.74, 6) is 1.61. The molecule has 1 fully saturated rings. The molecule has 0 amide bonds. The second kappa shape index (κ2) is 8.27. The predicted molar refractivity (Wildman–Crippen MR) is 97.3 cm³/mol. The minimum atomic E-state index is 0.164. The summed E-state index contributed by atoms with van der Waals surface area (Å²) in [6, 6.07) is 12.6. The van der Waals surface area contributed by atoms with E-state index in [4.69, 9.17) is 10.5 Å². The number of likely N-dealkylation sites (tertiary alicyclic amines) is 1. The smallest absolute Gasteiger partial charge is 0.122 e. The summed E-state index contributed by atoms with van der Waals surface area (Å²) < 4.78 is 5.52. The van der Waals surface area contributed by atoms with Crippen molar-refractivity contribution in [2.24, 2.45) is 5.73 Å². The van der Waals surface area contributed by atoms with Crippen molar-refractivity contribution < 1.29 is 4.74 Å². The van der Waals surface area contributed by atoms with Gasteiger partial charge in [0.2, 0.25) is 0 Å². The van der Waals surface area contributed by atoms with Gasteiger partial charge in [0.05, 0.1) is 7.11 Å². The van der Waals surface area contributed by atoms with E-state index in [9.17, 15) is 0 Å². The maximum Gasteiger partial charge on any atom is 0.122 e. The molecule has 24 heavy (non-hydrogen) atoms. The van der Waals surface area contributed by atoms with Crippen LogP contribution in [0.5, 0.6) is 5.75 Å². The summed E-state index contributed by atoms with van der Waals surface area (Å²) in [6.07, 6.45) is 6.94. The molecule has 1 aromatic heterocycles. The quantitative estimate of drug-likeness (QED) is 0.887. The van der Waals surface area contributed by atoms with Crippen LogP contribution >= 0.6 is 0 Å². The molecule has 0 aliphatic carbocycles. The van der Waals surface area contributed by atoms with E-state index in [0.717, 1.165) is 31.8 Å². The summed E-state index contributed by atoms with van der Waals surface area (Å²) in [5, 5.41) is 0. The molecule has 128 valence electrons. The normalized spacial score (nSPS) is 17.6. The van der Waals surface area contributed by atoms with Gasteiger partial charge in [-0.05, 0) is 61.5 Å². The minimum Gasteiger partial charge on any atom is -0.496 e. The van der Waals surface area contributed by atoms with Crippen LogP contribution < -0.4 is 10.5 Å².